The summed E-state index contributed by atoms with van der Waals surface area (Å²) in [4.78, 5) is 17.0. The third kappa shape index (κ3) is 3.26. The molecule has 33 heavy (non-hydrogen) atoms. The number of rotatable bonds is 3. The monoisotopic (exact) mass is 457 g/mol. The van der Waals surface area contributed by atoms with Gasteiger partial charge in [0.05, 0.1) is 12.7 Å². The molecule has 8 heteroatoms. The number of amides is 1. The fraction of sp³-hybridized carbons (Fsp3) is 0.640. The van der Waals surface area contributed by atoms with Crippen molar-refractivity contribution in [3.63, 3.8) is 0 Å². The van der Waals surface area contributed by atoms with Gasteiger partial charge in [0.1, 0.15) is 5.76 Å². The van der Waals surface area contributed by atoms with Crippen molar-refractivity contribution in [3.8, 4) is 11.5 Å². The third-order valence-electron chi connectivity index (χ3n) is 8.61. The van der Waals surface area contributed by atoms with Crippen molar-refractivity contribution in [2.75, 3.05) is 33.8 Å². The van der Waals surface area contributed by atoms with E-state index in [1.54, 1.807) is 11.0 Å². The number of aromatic hydroxyl groups is 1. The Morgan fingerprint density at radius 2 is 2.12 bits per heavy atom. The summed E-state index contributed by atoms with van der Waals surface area (Å²) >= 11 is 0. The van der Waals surface area contributed by atoms with Crippen LogP contribution in [0.3, 0.4) is 0 Å². The largest absolute Gasteiger partial charge is 0.504 e. The van der Waals surface area contributed by atoms with Gasteiger partial charge in [-0.05, 0) is 63.4 Å². The maximum Gasteiger partial charge on any atom is 0.415 e. The van der Waals surface area contributed by atoms with Crippen LogP contribution in [0.4, 0.5) is 4.79 Å². The summed E-state index contributed by atoms with van der Waals surface area (Å²) in [5.74, 6) is 1.04. The molecule has 4 N–H and O–H groups in total. The zero-order valence-electron chi connectivity index (χ0n) is 19.5. The summed E-state index contributed by atoms with van der Waals surface area (Å²) in [6, 6.07) is 3.70. The summed E-state index contributed by atoms with van der Waals surface area (Å²) in [6.45, 7) is 1.86. The van der Waals surface area contributed by atoms with Crippen LogP contribution in [0.2, 0.25) is 0 Å². The number of benzene rings is 1. The molecule has 0 aromatic heterocycles. The van der Waals surface area contributed by atoms with Crippen LogP contribution in [-0.4, -0.2) is 77.6 Å². The molecule has 2 bridgehead atoms. The van der Waals surface area contributed by atoms with Crippen LogP contribution < -0.4 is 10.5 Å². The van der Waals surface area contributed by atoms with Gasteiger partial charge in [-0.2, -0.15) is 0 Å². The van der Waals surface area contributed by atoms with Gasteiger partial charge in [-0.3, -0.25) is 0 Å². The van der Waals surface area contributed by atoms with E-state index in [2.05, 4.69) is 4.90 Å². The van der Waals surface area contributed by atoms with E-state index in [0.717, 1.165) is 36.9 Å². The van der Waals surface area contributed by atoms with Crippen LogP contribution in [0, 0.1) is 0 Å². The predicted octanol–water partition coefficient (Wildman–Crippen LogP) is 2.26. The Labute approximate surface area is 194 Å². The Hall–Kier alpha value is -2.29. The van der Waals surface area contributed by atoms with Crippen LogP contribution >= 0.6 is 0 Å². The minimum absolute atomic E-state index is 0.00181. The molecule has 4 aliphatic rings. The highest BCUT2D eigenvalue weighted by atomic mass is 16.6. The number of nitrogens with zero attached hydrogens (tertiary/aromatic N) is 2. The molecule has 0 radical (unpaired) electrons. The number of phenols is 1. The summed E-state index contributed by atoms with van der Waals surface area (Å²) in [6.07, 6.45) is 6.42. The number of carbonyl (C=O) groups is 1. The molecule has 5 rings (SSSR count). The summed E-state index contributed by atoms with van der Waals surface area (Å²) in [5, 5.41) is 23.3. The van der Waals surface area contributed by atoms with Crippen LogP contribution in [0.5, 0.6) is 11.5 Å². The third-order valence-corrected chi connectivity index (χ3v) is 8.61. The average Bonchev–Trinajstić information content (AvgIpc) is 2.81. The van der Waals surface area contributed by atoms with Gasteiger partial charge < -0.3 is 35.2 Å². The van der Waals surface area contributed by atoms with Crippen molar-refractivity contribution in [2.45, 2.75) is 68.0 Å². The number of hydrogen-bond donors (Lipinski definition) is 3. The normalized spacial score (nSPS) is 33.6. The van der Waals surface area contributed by atoms with Crippen LogP contribution in [-0.2, 0) is 16.6 Å². The van der Waals surface area contributed by atoms with Gasteiger partial charge in [0.25, 0.3) is 0 Å². The molecule has 0 spiro atoms. The van der Waals surface area contributed by atoms with E-state index in [-0.39, 0.29) is 23.9 Å². The molecule has 180 valence electrons. The van der Waals surface area contributed by atoms with E-state index >= 15 is 0 Å². The first-order chi connectivity index (χ1) is 15.8. The lowest BCUT2D eigenvalue weighted by Crippen LogP contribution is -2.71. The fourth-order valence-corrected chi connectivity index (χ4v) is 6.81. The van der Waals surface area contributed by atoms with Crippen LogP contribution in [0.1, 0.15) is 49.7 Å². The number of fused-ring (bicyclic) bond motifs is 1. The first-order valence-electron chi connectivity index (χ1n) is 12.0. The molecule has 4 unspecified atom stereocenters. The minimum Gasteiger partial charge on any atom is -0.504 e. The molecular formula is C25H35N3O5. The summed E-state index contributed by atoms with van der Waals surface area (Å²) in [5.41, 5.74) is 5.84. The first-order valence-corrected chi connectivity index (χ1v) is 12.0. The maximum absolute atomic E-state index is 13.1. The average molecular weight is 458 g/mol. The molecule has 2 saturated heterocycles. The first kappa shape index (κ1) is 22.5. The number of hydrogen-bond acceptors (Lipinski definition) is 7. The zero-order chi connectivity index (χ0) is 23.4. The number of ether oxygens (including phenoxy) is 2. The molecule has 1 amide bonds. The maximum atomic E-state index is 13.1. The highest BCUT2D eigenvalue weighted by Crippen LogP contribution is 2.60. The lowest BCUT2D eigenvalue weighted by molar-refractivity contribution is -0.146. The lowest BCUT2D eigenvalue weighted by atomic mass is 9.50. The molecule has 1 aromatic carbocycles. The van der Waals surface area contributed by atoms with Gasteiger partial charge in [0, 0.05) is 49.0 Å². The van der Waals surface area contributed by atoms with Gasteiger partial charge in [0.15, 0.2) is 11.5 Å². The topological polar surface area (TPSA) is 108 Å². The van der Waals surface area contributed by atoms with Crippen molar-refractivity contribution < 1.29 is 24.5 Å². The smallest absolute Gasteiger partial charge is 0.415 e. The molecule has 0 saturated carbocycles. The fourth-order valence-electron chi connectivity index (χ4n) is 6.81. The molecule has 2 fully saturated rings. The molecule has 2 aliphatic heterocycles. The Morgan fingerprint density at radius 1 is 1.30 bits per heavy atom. The molecule has 2 heterocycles. The van der Waals surface area contributed by atoms with Crippen molar-refractivity contribution >= 4 is 6.09 Å². The van der Waals surface area contributed by atoms with Gasteiger partial charge in [-0.15, -0.1) is 0 Å². The van der Waals surface area contributed by atoms with E-state index in [0.29, 0.717) is 50.3 Å². The van der Waals surface area contributed by atoms with Gasteiger partial charge in [0.2, 0.25) is 0 Å². The second kappa shape index (κ2) is 8.18. The van der Waals surface area contributed by atoms with E-state index < -0.39 is 11.0 Å². The van der Waals surface area contributed by atoms with E-state index in [9.17, 15) is 15.0 Å². The Bertz CT molecular complexity index is 981. The number of likely N-dealkylation sites (N-methyl/N-ethyl adjacent to an activating group) is 1. The lowest BCUT2D eigenvalue weighted by Gasteiger charge is -2.62. The van der Waals surface area contributed by atoms with Crippen LogP contribution in [0.15, 0.2) is 24.0 Å². The second-order valence-electron chi connectivity index (χ2n) is 10.1. The highest BCUT2D eigenvalue weighted by Gasteiger charge is 2.64. The highest BCUT2D eigenvalue weighted by molar-refractivity contribution is 5.70. The zero-order valence-corrected chi connectivity index (χ0v) is 19.5. The van der Waals surface area contributed by atoms with Gasteiger partial charge in [-0.25, -0.2) is 4.79 Å². The van der Waals surface area contributed by atoms with Crippen molar-refractivity contribution in [1.82, 2.24) is 9.80 Å². The standard InChI is InChI=1S/C25H35N3O5/c1-27-12-10-24-14-18(33-23(30)28-11-4-3-5-17(28)15-26)8-9-25(24,31)20(27)13-16-6-7-19(32-2)22(29)21(16)24/h6-8,17,20,29,31H,3-5,9-15,26H2,1-2H3. The number of allylic oxidation sites excluding steroid dienone is 1. The van der Waals surface area contributed by atoms with Crippen molar-refractivity contribution in [1.29, 1.82) is 0 Å². The number of methoxy groups -OCH3 is 1. The SMILES string of the molecule is COc1ccc2c(c1O)C13CCN(C)C(C2)C1(O)CC=C(OC(=O)N1CCCCC1CN)C3. The summed E-state index contributed by atoms with van der Waals surface area (Å²) in [7, 11) is 3.58. The number of aliphatic hydroxyl groups is 1. The summed E-state index contributed by atoms with van der Waals surface area (Å²) < 4.78 is 11.3. The van der Waals surface area contributed by atoms with Crippen molar-refractivity contribution in [2.24, 2.45) is 5.73 Å². The molecule has 2 aliphatic carbocycles. The predicted molar refractivity (Wildman–Crippen MR) is 123 cm³/mol. The van der Waals surface area contributed by atoms with E-state index in [4.69, 9.17) is 15.2 Å². The molecule has 8 nitrogen and oxygen atoms in total. The molecule has 1 aromatic rings. The van der Waals surface area contributed by atoms with Gasteiger partial charge in [-0.1, -0.05) is 6.07 Å². The quantitative estimate of drug-likeness (QED) is 0.639. The van der Waals surface area contributed by atoms with Crippen molar-refractivity contribution in [3.05, 3.63) is 35.1 Å². The van der Waals surface area contributed by atoms with E-state index in [1.807, 2.05) is 19.2 Å². The van der Waals surface area contributed by atoms with Gasteiger partial charge >= 0.3 is 6.09 Å². The Kier molecular flexibility index (Phi) is 5.58. The minimum atomic E-state index is -1.07. The number of phenolic OH excluding ortho intramolecular Hbond substituents is 1. The van der Waals surface area contributed by atoms with Crippen LogP contribution in [0.25, 0.3) is 0 Å². The Balaban J connectivity index is 1.52. The molecular weight excluding hydrogens is 422 g/mol. The Morgan fingerprint density at radius 3 is 2.88 bits per heavy atom. The number of piperidine rings is 2. The second-order valence-corrected chi connectivity index (χ2v) is 10.1. The molecule has 4 atom stereocenters. The number of likely N-dealkylation sites (tertiary alicyclic amines) is 2. The number of nitrogens with two attached hydrogens (primary N) is 1. The van der Waals surface area contributed by atoms with E-state index in [1.165, 1.54) is 7.11 Å². The number of carbonyl (C=O) groups excluding carboxylic acids is 1.